The third-order valence-corrected chi connectivity index (χ3v) is 2.87. The van der Waals surface area contributed by atoms with Gasteiger partial charge in [0.2, 0.25) is 0 Å². The lowest BCUT2D eigenvalue weighted by Crippen LogP contribution is -2.06. The van der Waals surface area contributed by atoms with E-state index in [4.69, 9.17) is 4.52 Å². The molecule has 0 saturated heterocycles. The molecule has 0 aliphatic rings. The Morgan fingerprint density at radius 3 is 2.37 bits per heavy atom. The number of fused-ring (bicyclic) bond motifs is 1. The van der Waals surface area contributed by atoms with Crippen molar-refractivity contribution >= 4 is 11.0 Å². The number of aromatic nitrogens is 1. The Morgan fingerprint density at radius 1 is 0.895 bits per heavy atom. The van der Waals surface area contributed by atoms with Crippen LogP contribution in [-0.2, 0) is 6.18 Å². The number of alkyl halides is 3. The van der Waals surface area contributed by atoms with Gasteiger partial charge < -0.3 is 4.52 Å². The van der Waals surface area contributed by atoms with Gasteiger partial charge in [-0.2, -0.15) is 13.2 Å². The third kappa shape index (κ3) is 1.97. The van der Waals surface area contributed by atoms with Gasteiger partial charge in [0.15, 0.2) is 5.58 Å². The summed E-state index contributed by atoms with van der Waals surface area (Å²) in [6.45, 7) is 0. The van der Waals surface area contributed by atoms with Gasteiger partial charge >= 0.3 is 6.18 Å². The van der Waals surface area contributed by atoms with Crippen molar-refractivity contribution in [3.05, 3.63) is 54.1 Å². The van der Waals surface area contributed by atoms with Crippen molar-refractivity contribution in [3.8, 4) is 11.3 Å². The van der Waals surface area contributed by atoms with Crippen molar-refractivity contribution in [1.82, 2.24) is 5.16 Å². The molecule has 0 N–H and O–H groups in total. The quantitative estimate of drug-likeness (QED) is 0.645. The Hall–Kier alpha value is -2.30. The van der Waals surface area contributed by atoms with E-state index in [-0.39, 0.29) is 11.3 Å². The van der Waals surface area contributed by atoms with Crippen molar-refractivity contribution in [2.45, 2.75) is 6.18 Å². The van der Waals surface area contributed by atoms with Crippen molar-refractivity contribution in [2.24, 2.45) is 0 Å². The number of rotatable bonds is 1. The Kier molecular flexibility index (Phi) is 2.55. The van der Waals surface area contributed by atoms with Crippen molar-refractivity contribution in [2.75, 3.05) is 0 Å². The highest BCUT2D eigenvalue weighted by molar-refractivity contribution is 5.92. The molecule has 0 unspecified atom stereocenters. The molecule has 2 aromatic carbocycles. The van der Waals surface area contributed by atoms with Gasteiger partial charge in [0.1, 0.15) is 5.69 Å². The molecular formula is C14H8F3NO. The molecule has 0 spiro atoms. The minimum absolute atomic E-state index is 0.0277. The summed E-state index contributed by atoms with van der Waals surface area (Å²) >= 11 is 0. The minimum Gasteiger partial charge on any atom is -0.356 e. The van der Waals surface area contributed by atoms with E-state index in [0.29, 0.717) is 11.0 Å². The Labute approximate surface area is 106 Å². The van der Waals surface area contributed by atoms with Crippen LogP contribution in [0.25, 0.3) is 22.2 Å². The maximum absolute atomic E-state index is 13.0. The molecule has 0 aliphatic heterocycles. The SMILES string of the molecule is FC(F)(F)c1ccccc1-c1noc2ccccc12. The lowest BCUT2D eigenvalue weighted by Gasteiger charge is -2.10. The average Bonchev–Trinajstić information content (AvgIpc) is 2.81. The third-order valence-electron chi connectivity index (χ3n) is 2.87. The average molecular weight is 263 g/mol. The lowest BCUT2D eigenvalue weighted by molar-refractivity contribution is -0.137. The molecule has 0 bridgehead atoms. The van der Waals surface area contributed by atoms with E-state index in [9.17, 15) is 13.2 Å². The summed E-state index contributed by atoms with van der Waals surface area (Å²) in [6, 6.07) is 12.2. The summed E-state index contributed by atoms with van der Waals surface area (Å²) in [6.07, 6.45) is -4.42. The van der Waals surface area contributed by atoms with Crippen molar-refractivity contribution < 1.29 is 17.7 Å². The first-order valence-corrected chi connectivity index (χ1v) is 5.58. The first-order valence-electron chi connectivity index (χ1n) is 5.58. The topological polar surface area (TPSA) is 26.0 Å². The molecule has 0 radical (unpaired) electrons. The number of hydrogen-bond donors (Lipinski definition) is 0. The summed E-state index contributed by atoms with van der Waals surface area (Å²) < 4.78 is 44.0. The Bertz CT molecular complexity index is 731. The molecule has 0 atom stereocenters. The number of halogens is 3. The molecule has 3 aromatic rings. The predicted octanol–water partition coefficient (Wildman–Crippen LogP) is 4.51. The van der Waals surface area contributed by atoms with E-state index in [1.165, 1.54) is 12.1 Å². The summed E-state index contributed by atoms with van der Waals surface area (Å²) in [4.78, 5) is 0. The number of para-hydroxylation sites is 1. The minimum atomic E-state index is -4.42. The van der Waals surface area contributed by atoms with Gasteiger partial charge in [0.25, 0.3) is 0 Å². The standard InChI is InChI=1S/C14H8F3NO/c15-14(16,17)11-7-3-1-5-9(11)13-10-6-2-4-8-12(10)19-18-13/h1-8H. The van der Waals surface area contributed by atoms with Crippen LogP contribution in [0.5, 0.6) is 0 Å². The summed E-state index contributed by atoms with van der Waals surface area (Å²) in [5.74, 6) is 0. The van der Waals surface area contributed by atoms with Crippen LogP contribution in [-0.4, -0.2) is 5.16 Å². The van der Waals surface area contributed by atoms with E-state index < -0.39 is 11.7 Å². The maximum atomic E-state index is 13.0. The van der Waals surface area contributed by atoms with Crippen LogP contribution in [0.4, 0.5) is 13.2 Å². The molecule has 0 aliphatic carbocycles. The summed E-state index contributed by atoms with van der Waals surface area (Å²) in [7, 11) is 0. The van der Waals surface area contributed by atoms with Crippen LogP contribution in [0.2, 0.25) is 0 Å². The van der Waals surface area contributed by atoms with Crippen LogP contribution in [0, 0.1) is 0 Å². The fraction of sp³-hybridized carbons (Fsp3) is 0.0714. The highest BCUT2D eigenvalue weighted by Crippen LogP contribution is 2.38. The van der Waals surface area contributed by atoms with Crippen LogP contribution >= 0.6 is 0 Å². The van der Waals surface area contributed by atoms with Gasteiger partial charge in [-0.3, -0.25) is 0 Å². The van der Waals surface area contributed by atoms with E-state index >= 15 is 0 Å². The fourth-order valence-corrected chi connectivity index (χ4v) is 2.02. The second-order valence-electron chi connectivity index (χ2n) is 4.07. The zero-order chi connectivity index (χ0) is 13.5. The molecule has 0 fully saturated rings. The van der Waals surface area contributed by atoms with E-state index in [1.54, 1.807) is 30.3 Å². The highest BCUT2D eigenvalue weighted by Gasteiger charge is 2.34. The van der Waals surface area contributed by atoms with Crippen LogP contribution in [0.15, 0.2) is 53.1 Å². The van der Waals surface area contributed by atoms with Gasteiger partial charge in [0.05, 0.1) is 5.56 Å². The molecule has 19 heavy (non-hydrogen) atoms. The lowest BCUT2D eigenvalue weighted by atomic mass is 10.0. The second-order valence-corrected chi connectivity index (χ2v) is 4.07. The van der Waals surface area contributed by atoms with E-state index in [0.717, 1.165) is 6.07 Å². The second kappa shape index (κ2) is 4.12. The molecule has 0 amide bonds. The largest absolute Gasteiger partial charge is 0.417 e. The fourth-order valence-electron chi connectivity index (χ4n) is 2.02. The number of nitrogens with zero attached hydrogens (tertiary/aromatic N) is 1. The monoisotopic (exact) mass is 263 g/mol. The molecule has 5 heteroatoms. The molecule has 1 heterocycles. The van der Waals surface area contributed by atoms with E-state index in [1.807, 2.05) is 0 Å². The van der Waals surface area contributed by atoms with E-state index in [2.05, 4.69) is 5.16 Å². The zero-order valence-corrected chi connectivity index (χ0v) is 9.61. The Morgan fingerprint density at radius 2 is 1.58 bits per heavy atom. The molecule has 0 saturated carbocycles. The van der Waals surface area contributed by atoms with Gasteiger partial charge in [-0.25, -0.2) is 0 Å². The smallest absolute Gasteiger partial charge is 0.356 e. The predicted molar refractivity (Wildman–Crippen MR) is 64.4 cm³/mol. The number of hydrogen-bond acceptors (Lipinski definition) is 2. The summed E-state index contributed by atoms with van der Waals surface area (Å²) in [5, 5.41) is 4.33. The number of benzene rings is 2. The maximum Gasteiger partial charge on any atom is 0.417 e. The molecular weight excluding hydrogens is 255 g/mol. The van der Waals surface area contributed by atoms with Gasteiger partial charge in [0, 0.05) is 10.9 Å². The molecule has 1 aromatic heterocycles. The van der Waals surface area contributed by atoms with Crippen LogP contribution in [0.1, 0.15) is 5.56 Å². The highest BCUT2D eigenvalue weighted by atomic mass is 19.4. The van der Waals surface area contributed by atoms with Crippen molar-refractivity contribution in [3.63, 3.8) is 0 Å². The Balaban J connectivity index is 2.28. The van der Waals surface area contributed by atoms with Gasteiger partial charge in [-0.05, 0) is 18.2 Å². The van der Waals surface area contributed by atoms with Gasteiger partial charge in [-0.1, -0.05) is 35.5 Å². The first-order chi connectivity index (χ1) is 9.07. The van der Waals surface area contributed by atoms with Gasteiger partial charge in [-0.15, -0.1) is 0 Å². The molecule has 96 valence electrons. The summed E-state index contributed by atoms with van der Waals surface area (Å²) in [5.41, 5.74) is -0.00740. The normalized spacial score (nSPS) is 11.9. The first kappa shape index (κ1) is 11.8. The van der Waals surface area contributed by atoms with Crippen molar-refractivity contribution in [1.29, 1.82) is 0 Å². The molecule has 3 rings (SSSR count). The molecule has 2 nitrogen and oxygen atoms in total. The van der Waals surface area contributed by atoms with Crippen LogP contribution < -0.4 is 0 Å². The zero-order valence-electron chi connectivity index (χ0n) is 9.61. The van der Waals surface area contributed by atoms with Crippen LogP contribution in [0.3, 0.4) is 0 Å².